The van der Waals surface area contributed by atoms with E-state index in [1.807, 2.05) is 19.0 Å². The average Bonchev–Trinajstić information content (AvgIpc) is 2.80. The van der Waals surface area contributed by atoms with Crippen LogP contribution in [0.3, 0.4) is 0 Å². The van der Waals surface area contributed by atoms with Crippen LogP contribution in [0.5, 0.6) is 0 Å². The first-order valence-electron chi connectivity index (χ1n) is 6.43. The molecule has 2 aromatic heterocycles. The minimum Gasteiger partial charge on any atom is -0.308 e. The van der Waals surface area contributed by atoms with Gasteiger partial charge in [0.2, 0.25) is 10.5 Å². The number of likely N-dealkylation sites (N-methyl/N-ethyl adjacent to an activating group) is 1. The summed E-state index contributed by atoms with van der Waals surface area (Å²) in [6.07, 6.45) is 0. The van der Waals surface area contributed by atoms with Crippen molar-refractivity contribution in [2.45, 2.75) is 6.54 Å². The van der Waals surface area contributed by atoms with Crippen molar-refractivity contribution in [1.29, 1.82) is 0 Å². The van der Waals surface area contributed by atoms with Gasteiger partial charge in [-0.1, -0.05) is 0 Å². The van der Waals surface area contributed by atoms with E-state index in [0.29, 0.717) is 34.5 Å². The van der Waals surface area contributed by atoms with Crippen LogP contribution in [0.15, 0.2) is 23.0 Å². The number of benzene rings is 1. The van der Waals surface area contributed by atoms with Crippen molar-refractivity contribution >= 4 is 28.9 Å². The van der Waals surface area contributed by atoms with E-state index < -0.39 is 5.82 Å². The molecule has 0 fully saturated rings. The lowest BCUT2D eigenvalue weighted by Gasteiger charge is -2.13. The number of aromatic amines is 1. The van der Waals surface area contributed by atoms with Gasteiger partial charge in [-0.15, -0.1) is 5.10 Å². The average molecular weight is 307 g/mol. The molecule has 8 heteroatoms. The maximum Gasteiger partial charge on any atom is 0.262 e. The van der Waals surface area contributed by atoms with Gasteiger partial charge in [-0.25, -0.2) is 9.49 Å². The van der Waals surface area contributed by atoms with Crippen LogP contribution >= 0.6 is 12.2 Å². The van der Waals surface area contributed by atoms with Gasteiger partial charge < -0.3 is 4.90 Å². The Morgan fingerprint density at radius 2 is 2.19 bits per heavy atom. The SMILES string of the molecule is CN(C)CCn1c(=O)c2cc(F)ccc2n2c(=S)[nH]nc12. The number of hydrogen-bond donors (Lipinski definition) is 1. The Morgan fingerprint density at radius 3 is 2.90 bits per heavy atom. The number of fused-ring (bicyclic) bond motifs is 3. The number of hydrogen-bond acceptors (Lipinski definition) is 4. The fourth-order valence-corrected chi connectivity index (χ4v) is 2.52. The second kappa shape index (κ2) is 5.05. The molecule has 1 aromatic carbocycles. The number of H-pyrrole nitrogens is 1. The molecule has 0 unspecified atom stereocenters. The molecular weight excluding hydrogens is 293 g/mol. The quantitative estimate of drug-likeness (QED) is 0.743. The van der Waals surface area contributed by atoms with Crippen molar-refractivity contribution in [1.82, 2.24) is 24.1 Å². The van der Waals surface area contributed by atoms with E-state index >= 15 is 0 Å². The fourth-order valence-electron chi connectivity index (χ4n) is 2.30. The Bertz CT molecular complexity index is 939. The zero-order chi connectivity index (χ0) is 15.1. The molecule has 0 spiro atoms. The molecule has 0 radical (unpaired) electrons. The predicted molar refractivity (Wildman–Crippen MR) is 80.7 cm³/mol. The lowest BCUT2D eigenvalue weighted by atomic mass is 10.2. The molecular formula is C13H14FN5OS. The van der Waals surface area contributed by atoms with Gasteiger partial charge in [0.05, 0.1) is 10.9 Å². The van der Waals surface area contributed by atoms with Gasteiger partial charge in [0.25, 0.3) is 5.56 Å². The van der Waals surface area contributed by atoms with Crippen LogP contribution in [0.2, 0.25) is 0 Å². The summed E-state index contributed by atoms with van der Waals surface area (Å²) in [7, 11) is 3.83. The van der Waals surface area contributed by atoms with E-state index in [1.54, 1.807) is 10.5 Å². The Morgan fingerprint density at radius 1 is 1.43 bits per heavy atom. The van der Waals surface area contributed by atoms with Crippen LogP contribution in [0.1, 0.15) is 0 Å². The highest BCUT2D eigenvalue weighted by Gasteiger charge is 2.13. The maximum atomic E-state index is 13.5. The molecule has 21 heavy (non-hydrogen) atoms. The summed E-state index contributed by atoms with van der Waals surface area (Å²) in [5.41, 5.74) is 0.282. The molecule has 2 heterocycles. The standard InChI is InChI=1S/C13H14FN5OS/c1-17(2)5-6-18-11(20)9-7-8(14)3-4-10(9)19-12(18)15-16-13(19)21/h3-4,7H,5-6H2,1-2H3,(H,16,21). The van der Waals surface area contributed by atoms with Gasteiger partial charge in [-0.3, -0.25) is 13.8 Å². The number of rotatable bonds is 3. The monoisotopic (exact) mass is 307 g/mol. The van der Waals surface area contributed by atoms with Gasteiger partial charge in [0, 0.05) is 13.1 Å². The second-order valence-corrected chi connectivity index (χ2v) is 5.47. The van der Waals surface area contributed by atoms with E-state index in [2.05, 4.69) is 10.2 Å². The Labute approximate surface area is 124 Å². The molecule has 0 saturated carbocycles. The molecule has 1 N–H and O–H groups in total. The lowest BCUT2D eigenvalue weighted by Crippen LogP contribution is -2.28. The first-order chi connectivity index (χ1) is 9.99. The maximum absolute atomic E-state index is 13.5. The molecule has 3 aromatic rings. The summed E-state index contributed by atoms with van der Waals surface area (Å²) >= 11 is 5.21. The third kappa shape index (κ3) is 2.26. The first kappa shape index (κ1) is 13.9. The van der Waals surface area contributed by atoms with Gasteiger partial charge in [0.1, 0.15) is 5.82 Å². The second-order valence-electron chi connectivity index (χ2n) is 5.09. The van der Waals surface area contributed by atoms with Crippen LogP contribution in [-0.2, 0) is 6.54 Å². The lowest BCUT2D eigenvalue weighted by molar-refractivity contribution is 0.383. The van der Waals surface area contributed by atoms with Crippen molar-refractivity contribution in [3.63, 3.8) is 0 Å². The van der Waals surface area contributed by atoms with Crippen LogP contribution in [0.4, 0.5) is 4.39 Å². The number of nitrogens with zero attached hydrogens (tertiary/aromatic N) is 4. The zero-order valence-electron chi connectivity index (χ0n) is 11.6. The van der Waals surface area contributed by atoms with Crippen molar-refractivity contribution in [2.75, 3.05) is 20.6 Å². The van der Waals surface area contributed by atoms with Crippen molar-refractivity contribution in [3.8, 4) is 0 Å². The Hall–Kier alpha value is -2.06. The fraction of sp³-hybridized carbons (Fsp3) is 0.308. The third-order valence-corrected chi connectivity index (χ3v) is 3.62. The Balaban J connectivity index is 2.41. The molecule has 6 nitrogen and oxygen atoms in total. The molecule has 0 aliphatic heterocycles. The summed E-state index contributed by atoms with van der Waals surface area (Å²) in [5, 5.41) is 7.10. The molecule has 0 aliphatic carbocycles. The normalized spacial score (nSPS) is 11.8. The largest absolute Gasteiger partial charge is 0.308 e. The van der Waals surface area contributed by atoms with Crippen LogP contribution in [0, 0.1) is 10.6 Å². The van der Waals surface area contributed by atoms with E-state index in [9.17, 15) is 9.18 Å². The minimum atomic E-state index is -0.451. The minimum absolute atomic E-state index is 0.271. The Kier molecular flexibility index (Phi) is 3.34. The summed E-state index contributed by atoms with van der Waals surface area (Å²) in [4.78, 5) is 14.6. The predicted octanol–water partition coefficient (Wildman–Crippen LogP) is 1.41. The highest BCUT2D eigenvalue weighted by atomic mass is 32.1. The summed E-state index contributed by atoms with van der Waals surface area (Å²) in [6.45, 7) is 1.11. The van der Waals surface area contributed by atoms with Gasteiger partial charge in [-0.05, 0) is 44.5 Å². The van der Waals surface area contributed by atoms with Crippen molar-refractivity contribution < 1.29 is 4.39 Å². The molecule has 110 valence electrons. The van der Waals surface area contributed by atoms with Crippen molar-refractivity contribution in [3.05, 3.63) is 39.1 Å². The molecule has 0 saturated heterocycles. The number of nitrogens with one attached hydrogen (secondary N) is 1. The van der Waals surface area contributed by atoms with E-state index in [1.165, 1.54) is 16.7 Å². The summed E-state index contributed by atoms with van der Waals surface area (Å²) in [5.74, 6) is -0.0147. The van der Waals surface area contributed by atoms with Crippen LogP contribution in [-0.4, -0.2) is 44.7 Å². The highest BCUT2D eigenvalue weighted by molar-refractivity contribution is 7.71. The summed E-state index contributed by atoms with van der Waals surface area (Å²) < 4.78 is 17.0. The zero-order valence-corrected chi connectivity index (χ0v) is 12.4. The first-order valence-corrected chi connectivity index (χ1v) is 6.84. The summed E-state index contributed by atoms with van der Waals surface area (Å²) in [6, 6.07) is 4.08. The van der Waals surface area contributed by atoms with Gasteiger partial charge in [-0.2, -0.15) is 0 Å². The van der Waals surface area contributed by atoms with E-state index in [4.69, 9.17) is 12.2 Å². The number of aromatic nitrogens is 4. The van der Waals surface area contributed by atoms with Crippen LogP contribution < -0.4 is 5.56 Å². The molecule has 0 atom stereocenters. The van der Waals surface area contributed by atoms with Crippen molar-refractivity contribution in [2.24, 2.45) is 0 Å². The number of halogens is 1. The third-order valence-electron chi connectivity index (χ3n) is 3.34. The molecule has 0 amide bonds. The molecule has 0 bridgehead atoms. The highest BCUT2D eigenvalue weighted by Crippen LogP contribution is 2.14. The molecule has 0 aliphatic rings. The van der Waals surface area contributed by atoms with Gasteiger partial charge >= 0.3 is 0 Å². The smallest absolute Gasteiger partial charge is 0.262 e. The molecule has 3 rings (SSSR count). The van der Waals surface area contributed by atoms with Gasteiger partial charge in [0.15, 0.2) is 0 Å². The topological polar surface area (TPSA) is 58.3 Å². The van der Waals surface area contributed by atoms with E-state index in [-0.39, 0.29) is 5.56 Å². The van der Waals surface area contributed by atoms with Crippen LogP contribution in [0.25, 0.3) is 16.7 Å². The van der Waals surface area contributed by atoms with E-state index in [0.717, 1.165) is 0 Å².